The quantitative estimate of drug-likeness (QED) is 0.0944. The molecule has 1 aromatic heterocycles. The number of nitrogens with zero attached hydrogens (tertiary/aromatic N) is 3. The number of fused-ring (bicyclic) bond motifs is 6. The third-order valence-corrected chi connectivity index (χ3v) is 13.1. The topological polar surface area (TPSA) is 34.8 Å². The highest BCUT2D eigenvalue weighted by atomic mass is 15.9. The number of hydrogen-bond acceptors (Lipinski definition) is 2. The van der Waals surface area contributed by atoms with E-state index in [0.717, 1.165) is 16.8 Å². The van der Waals surface area contributed by atoms with Crippen molar-refractivity contribution >= 4 is 27.6 Å². The Morgan fingerprint density at radius 1 is 0.468 bits per heavy atom. The first-order valence-electron chi connectivity index (χ1n) is 21.4. The molecular weight excluding hydrogens is 753 g/mol. The first-order chi connectivity index (χ1) is 30.7. The van der Waals surface area contributed by atoms with Crippen molar-refractivity contribution in [1.82, 2.24) is 14.6 Å². The van der Waals surface area contributed by atoms with Crippen LogP contribution in [0.4, 0.5) is 0 Å². The molecule has 12 rings (SSSR count). The van der Waals surface area contributed by atoms with Gasteiger partial charge in [-0.05, 0) is 86.0 Å². The standard InChI is InChI=1S/C58H42N4/c59-56(43-34-32-42(33-35-43)41-19-5-1-6-20-41)62-57(44-21-7-2-8-22-44)60(62)39-40-18-17-27-47(36-40)61-54-31-16-14-29-49(54)51-37-53-50(38-55(51)61)48-28-13-15-30-52(48)58(53,45-23-9-3-10-24-45)46-25-11-4-12-26-46/h1-38,57,59H,39H2. The van der Waals surface area contributed by atoms with Crippen LogP contribution in [0.3, 0.4) is 0 Å². The van der Waals surface area contributed by atoms with Crippen LogP contribution < -0.4 is 0 Å². The zero-order chi connectivity index (χ0) is 41.2. The van der Waals surface area contributed by atoms with E-state index in [1.165, 1.54) is 71.9 Å². The largest absolute Gasteiger partial charge is 0.309 e. The van der Waals surface area contributed by atoms with E-state index >= 15 is 0 Å². The molecule has 10 aromatic rings. The molecule has 0 spiro atoms. The minimum Gasteiger partial charge on any atom is -0.309 e. The van der Waals surface area contributed by atoms with Gasteiger partial charge in [-0.15, -0.1) is 0 Å². The SMILES string of the molecule is N=C(c1ccc(-c2ccccc2)cc1)N1C(c2ccccc2)N1Cc1cccc(-n2c3ccccc3c3cc4c(cc32)-c2ccccc2C4(c2ccccc2)c2ccccc2)c1. The lowest BCUT2D eigenvalue weighted by molar-refractivity contribution is 0.391. The number of hydrazine groups is 1. The summed E-state index contributed by atoms with van der Waals surface area (Å²) in [7, 11) is 0. The second-order valence-corrected chi connectivity index (χ2v) is 16.5. The van der Waals surface area contributed by atoms with Crippen molar-refractivity contribution in [1.29, 1.82) is 5.41 Å². The molecular formula is C58H42N4. The van der Waals surface area contributed by atoms with Crippen LogP contribution in [0.5, 0.6) is 0 Å². The smallest absolute Gasteiger partial charge is 0.144 e. The van der Waals surface area contributed by atoms with Gasteiger partial charge in [0.25, 0.3) is 0 Å². The van der Waals surface area contributed by atoms with Crippen LogP contribution in [0.15, 0.2) is 231 Å². The molecule has 1 aliphatic carbocycles. The van der Waals surface area contributed by atoms with E-state index in [1.807, 2.05) is 6.07 Å². The summed E-state index contributed by atoms with van der Waals surface area (Å²) in [6.07, 6.45) is -0.0356. The van der Waals surface area contributed by atoms with Crippen LogP contribution in [0.2, 0.25) is 0 Å². The summed E-state index contributed by atoms with van der Waals surface area (Å²) in [5, 5.41) is 16.4. The maximum Gasteiger partial charge on any atom is 0.144 e. The average Bonchev–Trinajstić information content (AvgIpc) is 3.85. The lowest BCUT2D eigenvalue weighted by Crippen LogP contribution is -2.28. The summed E-state index contributed by atoms with van der Waals surface area (Å²) in [6, 6.07) is 83.2. The molecule has 0 saturated carbocycles. The van der Waals surface area contributed by atoms with E-state index in [4.69, 9.17) is 0 Å². The molecule has 62 heavy (non-hydrogen) atoms. The number of rotatable bonds is 8. The van der Waals surface area contributed by atoms with E-state index in [9.17, 15) is 5.41 Å². The Kier molecular flexibility index (Phi) is 8.41. The van der Waals surface area contributed by atoms with Crippen LogP contribution in [0.25, 0.3) is 49.7 Å². The van der Waals surface area contributed by atoms with Crippen LogP contribution in [-0.2, 0) is 12.0 Å². The zero-order valence-electron chi connectivity index (χ0n) is 34.1. The molecule has 0 bridgehead atoms. The van der Waals surface area contributed by atoms with Crippen molar-refractivity contribution in [3.63, 3.8) is 0 Å². The van der Waals surface area contributed by atoms with Gasteiger partial charge in [-0.2, -0.15) is 5.01 Å². The third kappa shape index (κ3) is 5.61. The minimum atomic E-state index is -0.469. The number of benzene rings is 9. The van der Waals surface area contributed by atoms with E-state index in [1.54, 1.807) is 0 Å². The van der Waals surface area contributed by atoms with Gasteiger partial charge < -0.3 is 4.57 Å². The Hall–Kier alpha value is -7.79. The molecule has 2 heterocycles. The number of amidine groups is 1. The third-order valence-electron chi connectivity index (χ3n) is 13.1. The Morgan fingerprint density at radius 3 is 1.81 bits per heavy atom. The summed E-state index contributed by atoms with van der Waals surface area (Å²) in [5.41, 5.74) is 16.3. The molecule has 0 radical (unpaired) electrons. The maximum absolute atomic E-state index is 9.47. The van der Waals surface area contributed by atoms with Gasteiger partial charge in [-0.25, -0.2) is 0 Å². The van der Waals surface area contributed by atoms with Gasteiger partial charge in [0.05, 0.1) is 16.4 Å². The normalized spacial score (nSPS) is 16.0. The summed E-state index contributed by atoms with van der Waals surface area (Å²) in [4.78, 5) is 0. The number of hydrogen-bond donors (Lipinski definition) is 1. The van der Waals surface area contributed by atoms with Gasteiger partial charge in [-0.3, -0.25) is 10.4 Å². The van der Waals surface area contributed by atoms with Crippen molar-refractivity contribution in [2.24, 2.45) is 0 Å². The molecule has 4 heteroatoms. The van der Waals surface area contributed by atoms with Crippen LogP contribution in [0.1, 0.15) is 45.1 Å². The molecule has 2 unspecified atom stereocenters. The van der Waals surface area contributed by atoms with Crippen LogP contribution in [-0.4, -0.2) is 20.4 Å². The van der Waals surface area contributed by atoms with E-state index in [0.29, 0.717) is 12.4 Å². The van der Waals surface area contributed by atoms with Crippen molar-refractivity contribution in [2.45, 2.75) is 18.1 Å². The van der Waals surface area contributed by atoms with E-state index in [2.05, 4.69) is 239 Å². The van der Waals surface area contributed by atoms with Crippen LogP contribution in [0, 0.1) is 5.41 Å². The van der Waals surface area contributed by atoms with Crippen molar-refractivity contribution in [3.8, 4) is 27.9 Å². The van der Waals surface area contributed by atoms with Crippen molar-refractivity contribution in [2.75, 3.05) is 0 Å². The number of para-hydroxylation sites is 1. The van der Waals surface area contributed by atoms with Gasteiger partial charge in [-0.1, -0.05) is 200 Å². The van der Waals surface area contributed by atoms with E-state index < -0.39 is 5.41 Å². The van der Waals surface area contributed by atoms with Crippen molar-refractivity contribution < 1.29 is 0 Å². The molecule has 2 aliphatic rings. The lowest BCUT2D eigenvalue weighted by atomic mass is 9.67. The number of nitrogens with one attached hydrogen (secondary N) is 1. The molecule has 1 fully saturated rings. The summed E-state index contributed by atoms with van der Waals surface area (Å²) in [6.45, 7) is 0.661. The second kappa shape index (κ2) is 14.4. The Balaban J connectivity index is 0.960. The maximum atomic E-state index is 9.47. The molecule has 0 amide bonds. The van der Waals surface area contributed by atoms with Gasteiger partial charge in [0.2, 0.25) is 0 Å². The summed E-state index contributed by atoms with van der Waals surface area (Å²) < 4.78 is 2.45. The molecule has 1 saturated heterocycles. The summed E-state index contributed by atoms with van der Waals surface area (Å²) in [5.74, 6) is 0.494. The Morgan fingerprint density at radius 2 is 1.08 bits per heavy atom. The van der Waals surface area contributed by atoms with Gasteiger partial charge >= 0.3 is 0 Å². The Bertz CT molecular complexity index is 3240. The predicted molar refractivity (Wildman–Crippen MR) is 253 cm³/mol. The first kappa shape index (κ1) is 36.1. The predicted octanol–water partition coefficient (Wildman–Crippen LogP) is 13.6. The Labute approximate surface area is 361 Å². The van der Waals surface area contributed by atoms with Gasteiger partial charge in [0.1, 0.15) is 12.0 Å². The van der Waals surface area contributed by atoms with Gasteiger partial charge in [0, 0.05) is 28.6 Å². The van der Waals surface area contributed by atoms with Crippen LogP contribution >= 0.6 is 0 Å². The monoisotopic (exact) mass is 794 g/mol. The minimum absolute atomic E-state index is 0.0356. The fraction of sp³-hybridized carbons (Fsp3) is 0.0517. The fourth-order valence-electron chi connectivity index (χ4n) is 10.3. The summed E-state index contributed by atoms with van der Waals surface area (Å²) >= 11 is 0. The van der Waals surface area contributed by atoms with Crippen molar-refractivity contribution in [3.05, 3.63) is 269 Å². The zero-order valence-corrected chi connectivity index (χ0v) is 34.1. The van der Waals surface area contributed by atoms with E-state index in [-0.39, 0.29) is 6.17 Å². The molecule has 9 aromatic carbocycles. The van der Waals surface area contributed by atoms with Gasteiger partial charge in [0.15, 0.2) is 0 Å². The highest BCUT2D eigenvalue weighted by Crippen LogP contribution is 2.57. The first-order valence-corrected chi connectivity index (χ1v) is 21.4. The molecule has 294 valence electrons. The fourth-order valence-corrected chi connectivity index (χ4v) is 10.3. The molecule has 2 atom stereocenters. The lowest BCUT2D eigenvalue weighted by Gasteiger charge is -2.33. The highest BCUT2D eigenvalue weighted by molar-refractivity contribution is 6.12. The average molecular weight is 795 g/mol. The second-order valence-electron chi connectivity index (χ2n) is 16.5. The molecule has 4 nitrogen and oxygen atoms in total. The molecule has 1 aliphatic heterocycles. The molecule has 1 N–H and O–H groups in total. The highest BCUT2D eigenvalue weighted by Gasteiger charge is 2.49. The number of aromatic nitrogens is 1.